The molecule has 0 spiro atoms. The molecule has 2 fully saturated rings. The van der Waals surface area contributed by atoms with Gasteiger partial charge in [-0.25, -0.2) is 0 Å². The summed E-state index contributed by atoms with van der Waals surface area (Å²) in [5, 5.41) is 9.92. The number of aliphatic hydroxyl groups is 1. The average Bonchev–Trinajstić information content (AvgIpc) is 2.48. The summed E-state index contributed by atoms with van der Waals surface area (Å²) in [5.41, 5.74) is 6.00. The first kappa shape index (κ1) is 10.4. The lowest BCUT2D eigenvalue weighted by Gasteiger charge is -2.35. The number of rotatable bonds is 1. The van der Waals surface area contributed by atoms with Crippen LogP contribution in [0.5, 0.6) is 0 Å². The Kier molecular flexibility index (Phi) is 3.10. The molecule has 0 aromatic heterocycles. The number of likely N-dealkylation sites (tertiary alicyclic amines) is 1. The Morgan fingerprint density at radius 2 is 1.93 bits per heavy atom. The van der Waals surface area contributed by atoms with Gasteiger partial charge in [0.2, 0.25) is 0 Å². The minimum atomic E-state index is -0.110. The van der Waals surface area contributed by atoms with Crippen LogP contribution in [-0.4, -0.2) is 41.3 Å². The Balaban J connectivity index is 1.94. The molecule has 3 heteroatoms. The zero-order valence-corrected chi connectivity index (χ0v) is 9.02. The van der Waals surface area contributed by atoms with Gasteiger partial charge in [-0.2, -0.15) is 0 Å². The molecule has 2 aliphatic rings. The van der Waals surface area contributed by atoms with Crippen molar-refractivity contribution in [3.05, 3.63) is 0 Å². The number of aliphatic hydroxyl groups excluding tert-OH is 1. The average molecular weight is 198 g/mol. The zero-order valence-electron chi connectivity index (χ0n) is 9.02. The first-order chi connectivity index (χ1) is 6.68. The quantitative estimate of drug-likeness (QED) is 0.647. The molecular weight excluding hydrogens is 176 g/mol. The molecule has 0 aromatic rings. The predicted octanol–water partition coefficient (Wildman–Crippen LogP) is 0.569. The summed E-state index contributed by atoms with van der Waals surface area (Å²) in [7, 11) is 0. The van der Waals surface area contributed by atoms with Gasteiger partial charge in [-0.3, -0.25) is 4.90 Å². The Hall–Kier alpha value is -0.120. The highest BCUT2D eigenvalue weighted by Crippen LogP contribution is 2.27. The van der Waals surface area contributed by atoms with Crippen LogP contribution < -0.4 is 5.73 Å². The topological polar surface area (TPSA) is 49.5 Å². The lowest BCUT2D eigenvalue weighted by atomic mass is 9.91. The van der Waals surface area contributed by atoms with Crippen molar-refractivity contribution in [2.45, 2.75) is 50.8 Å². The summed E-state index contributed by atoms with van der Waals surface area (Å²) in [6.07, 6.45) is 4.47. The molecule has 0 aromatic carbocycles. The van der Waals surface area contributed by atoms with Crippen molar-refractivity contribution in [3.8, 4) is 0 Å². The van der Waals surface area contributed by atoms with E-state index in [9.17, 15) is 5.11 Å². The van der Waals surface area contributed by atoms with Crippen molar-refractivity contribution < 1.29 is 5.11 Å². The third kappa shape index (κ3) is 1.95. The van der Waals surface area contributed by atoms with E-state index in [1.54, 1.807) is 0 Å². The van der Waals surface area contributed by atoms with E-state index < -0.39 is 0 Å². The molecule has 2 rings (SSSR count). The molecule has 1 saturated heterocycles. The molecule has 14 heavy (non-hydrogen) atoms. The molecule has 0 bridgehead atoms. The van der Waals surface area contributed by atoms with Crippen LogP contribution in [-0.2, 0) is 0 Å². The highest BCUT2D eigenvalue weighted by Gasteiger charge is 2.35. The molecule has 1 aliphatic heterocycles. The summed E-state index contributed by atoms with van der Waals surface area (Å²) in [6, 6.07) is 0.698. The van der Waals surface area contributed by atoms with Crippen LogP contribution in [0, 0.1) is 5.92 Å². The van der Waals surface area contributed by atoms with E-state index in [2.05, 4.69) is 11.8 Å². The molecule has 3 N–H and O–H groups in total. The third-order valence-corrected chi connectivity index (χ3v) is 3.86. The first-order valence-electron chi connectivity index (χ1n) is 5.86. The molecule has 4 atom stereocenters. The van der Waals surface area contributed by atoms with Crippen LogP contribution in [0.15, 0.2) is 0 Å². The van der Waals surface area contributed by atoms with E-state index in [-0.39, 0.29) is 6.10 Å². The smallest absolute Gasteiger partial charge is 0.0695 e. The summed E-state index contributed by atoms with van der Waals surface area (Å²) < 4.78 is 0. The van der Waals surface area contributed by atoms with E-state index >= 15 is 0 Å². The van der Waals surface area contributed by atoms with Gasteiger partial charge in [-0.15, -0.1) is 0 Å². The molecular formula is C11H22N2O. The van der Waals surface area contributed by atoms with Gasteiger partial charge in [0.25, 0.3) is 0 Å². The third-order valence-electron chi connectivity index (χ3n) is 3.86. The fourth-order valence-electron chi connectivity index (χ4n) is 2.82. The Labute approximate surface area is 86.3 Å². The van der Waals surface area contributed by atoms with Crippen molar-refractivity contribution in [1.29, 1.82) is 0 Å². The van der Waals surface area contributed by atoms with Crippen LogP contribution in [0.3, 0.4) is 0 Å². The fourth-order valence-corrected chi connectivity index (χ4v) is 2.82. The van der Waals surface area contributed by atoms with Gasteiger partial charge in [0.15, 0.2) is 0 Å². The van der Waals surface area contributed by atoms with E-state index in [0.29, 0.717) is 18.0 Å². The van der Waals surface area contributed by atoms with Crippen molar-refractivity contribution in [2.24, 2.45) is 11.7 Å². The van der Waals surface area contributed by atoms with Crippen LogP contribution in [0.1, 0.15) is 32.6 Å². The molecule has 0 radical (unpaired) electrons. The Bertz CT molecular complexity index is 188. The van der Waals surface area contributed by atoms with Crippen LogP contribution in [0.2, 0.25) is 0 Å². The van der Waals surface area contributed by atoms with Gasteiger partial charge < -0.3 is 10.8 Å². The van der Waals surface area contributed by atoms with Crippen molar-refractivity contribution in [3.63, 3.8) is 0 Å². The molecule has 3 nitrogen and oxygen atoms in total. The van der Waals surface area contributed by atoms with E-state index in [1.165, 1.54) is 12.8 Å². The number of nitrogens with two attached hydrogens (primary N) is 1. The van der Waals surface area contributed by atoms with Gasteiger partial charge in [0, 0.05) is 25.2 Å². The second-order valence-electron chi connectivity index (χ2n) is 5.01. The molecule has 1 aliphatic carbocycles. The van der Waals surface area contributed by atoms with Crippen LogP contribution >= 0.6 is 0 Å². The minimum absolute atomic E-state index is 0.110. The normalized spacial score (nSPS) is 45.6. The van der Waals surface area contributed by atoms with E-state index in [0.717, 1.165) is 25.9 Å². The second-order valence-corrected chi connectivity index (χ2v) is 5.01. The maximum absolute atomic E-state index is 9.92. The summed E-state index contributed by atoms with van der Waals surface area (Å²) >= 11 is 0. The monoisotopic (exact) mass is 198 g/mol. The lowest BCUT2D eigenvalue weighted by Crippen LogP contribution is -2.45. The summed E-state index contributed by atoms with van der Waals surface area (Å²) in [6.45, 7) is 4.26. The molecule has 0 amide bonds. The maximum Gasteiger partial charge on any atom is 0.0695 e. The molecule has 1 saturated carbocycles. The van der Waals surface area contributed by atoms with Gasteiger partial charge >= 0.3 is 0 Å². The predicted molar refractivity (Wildman–Crippen MR) is 57.0 cm³/mol. The highest BCUT2D eigenvalue weighted by molar-refractivity contribution is 4.91. The Morgan fingerprint density at radius 3 is 2.50 bits per heavy atom. The van der Waals surface area contributed by atoms with Crippen LogP contribution in [0.4, 0.5) is 0 Å². The number of nitrogens with zero attached hydrogens (tertiary/aromatic N) is 1. The Morgan fingerprint density at radius 1 is 1.21 bits per heavy atom. The molecule has 4 unspecified atom stereocenters. The number of hydrogen-bond acceptors (Lipinski definition) is 3. The van der Waals surface area contributed by atoms with Crippen molar-refractivity contribution >= 4 is 0 Å². The van der Waals surface area contributed by atoms with Crippen molar-refractivity contribution in [1.82, 2.24) is 4.90 Å². The SMILES string of the molecule is CC1CN(C2CCCCC2O)CC1N. The van der Waals surface area contributed by atoms with Crippen molar-refractivity contribution in [2.75, 3.05) is 13.1 Å². The minimum Gasteiger partial charge on any atom is -0.391 e. The zero-order chi connectivity index (χ0) is 10.1. The lowest BCUT2D eigenvalue weighted by molar-refractivity contribution is 0.0294. The van der Waals surface area contributed by atoms with E-state index in [1.807, 2.05) is 0 Å². The second kappa shape index (κ2) is 4.17. The number of hydrogen-bond donors (Lipinski definition) is 2. The largest absolute Gasteiger partial charge is 0.391 e. The summed E-state index contributed by atoms with van der Waals surface area (Å²) in [5.74, 6) is 0.587. The van der Waals surface area contributed by atoms with Crippen LogP contribution in [0.25, 0.3) is 0 Å². The van der Waals surface area contributed by atoms with Gasteiger partial charge in [-0.05, 0) is 18.8 Å². The van der Waals surface area contributed by atoms with E-state index in [4.69, 9.17) is 5.73 Å². The van der Waals surface area contributed by atoms with Gasteiger partial charge in [0.1, 0.15) is 0 Å². The standard InChI is InChI=1S/C11H22N2O/c1-8-6-13(7-9(8)12)10-4-2-3-5-11(10)14/h8-11,14H,2-7,12H2,1H3. The molecule has 1 heterocycles. The molecule has 82 valence electrons. The first-order valence-corrected chi connectivity index (χ1v) is 5.86. The fraction of sp³-hybridized carbons (Fsp3) is 1.00. The highest BCUT2D eigenvalue weighted by atomic mass is 16.3. The van der Waals surface area contributed by atoms with Gasteiger partial charge in [0.05, 0.1) is 6.10 Å². The van der Waals surface area contributed by atoms with Gasteiger partial charge in [-0.1, -0.05) is 19.8 Å². The summed E-state index contributed by atoms with van der Waals surface area (Å²) in [4.78, 5) is 2.40. The maximum atomic E-state index is 9.92.